The second kappa shape index (κ2) is 4.91. The van der Waals surface area contributed by atoms with Gasteiger partial charge in [-0.3, -0.25) is 0 Å². The van der Waals surface area contributed by atoms with E-state index in [4.69, 9.17) is 17.3 Å². The van der Waals surface area contributed by atoms with Crippen molar-refractivity contribution < 1.29 is 0 Å². The van der Waals surface area contributed by atoms with Crippen LogP contribution in [0.1, 0.15) is 5.82 Å². The maximum Gasteiger partial charge on any atom is 0.228 e. The zero-order valence-corrected chi connectivity index (χ0v) is 9.89. The Morgan fingerprint density at radius 2 is 2.24 bits per heavy atom. The van der Waals surface area contributed by atoms with Crippen molar-refractivity contribution in [3.8, 4) is 0 Å². The number of aryl methyl sites for hydroxylation is 1. The average molecular weight is 255 g/mol. The van der Waals surface area contributed by atoms with Crippen molar-refractivity contribution in [1.82, 2.24) is 29.7 Å². The first-order chi connectivity index (χ1) is 8.15. The van der Waals surface area contributed by atoms with Gasteiger partial charge in [0.25, 0.3) is 0 Å². The highest BCUT2D eigenvalue weighted by atomic mass is 35.5. The van der Waals surface area contributed by atoms with E-state index in [-0.39, 0.29) is 11.2 Å². The summed E-state index contributed by atoms with van der Waals surface area (Å²) in [6.07, 6.45) is 2.34. The van der Waals surface area contributed by atoms with Gasteiger partial charge < -0.3 is 15.6 Å². The Balaban J connectivity index is 1.92. The molecule has 0 aliphatic carbocycles. The molecule has 0 saturated carbocycles. The lowest BCUT2D eigenvalue weighted by Gasteiger charge is -2.04. The van der Waals surface area contributed by atoms with E-state index < -0.39 is 0 Å². The fraction of sp³-hybridized carbons (Fsp3) is 0.375. The third-order valence-electron chi connectivity index (χ3n) is 2.06. The molecule has 0 spiro atoms. The normalized spacial score (nSPS) is 10.5. The molecule has 0 atom stereocenters. The van der Waals surface area contributed by atoms with Crippen molar-refractivity contribution in [3.63, 3.8) is 0 Å². The van der Waals surface area contributed by atoms with Crippen molar-refractivity contribution in [2.24, 2.45) is 7.05 Å². The summed E-state index contributed by atoms with van der Waals surface area (Å²) in [5, 5.41) is 10.8. The first-order valence-electron chi connectivity index (χ1n) is 4.89. The molecule has 17 heavy (non-hydrogen) atoms. The van der Waals surface area contributed by atoms with Gasteiger partial charge in [-0.25, -0.2) is 0 Å². The monoisotopic (exact) mass is 254 g/mol. The van der Waals surface area contributed by atoms with Crippen LogP contribution in [0, 0.1) is 0 Å². The lowest BCUT2D eigenvalue weighted by molar-refractivity contribution is 0.785. The number of nitrogen functional groups attached to an aromatic ring is 1. The van der Waals surface area contributed by atoms with Crippen molar-refractivity contribution in [1.29, 1.82) is 0 Å². The average Bonchev–Trinajstić information content (AvgIpc) is 2.63. The minimum atomic E-state index is 0.0682. The van der Waals surface area contributed by atoms with E-state index in [9.17, 15) is 0 Å². The summed E-state index contributed by atoms with van der Waals surface area (Å²) in [7, 11) is 1.88. The van der Waals surface area contributed by atoms with Gasteiger partial charge in [0, 0.05) is 20.0 Å². The van der Waals surface area contributed by atoms with Crippen molar-refractivity contribution in [2.75, 3.05) is 17.6 Å². The molecule has 90 valence electrons. The molecule has 0 fully saturated rings. The van der Waals surface area contributed by atoms with Crippen LogP contribution in [0.15, 0.2) is 6.33 Å². The lowest BCUT2D eigenvalue weighted by atomic mass is 10.4. The fourth-order valence-electron chi connectivity index (χ4n) is 1.26. The van der Waals surface area contributed by atoms with E-state index >= 15 is 0 Å². The summed E-state index contributed by atoms with van der Waals surface area (Å²) in [6.45, 7) is 0.603. The molecule has 2 aromatic rings. The fourth-order valence-corrected chi connectivity index (χ4v) is 1.43. The van der Waals surface area contributed by atoms with Crippen LogP contribution in [0.25, 0.3) is 0 Å². The number of aromatic nitrogens is 6. The summed E-state index contributed by atoms with van der Waals surface area (Å²) in [4.78, 5) is 11.4. The van der Waals surface area contributed by atoms with E-state index in [1.165, 1.54) is 0 Å². The SMILES string of the molecule is Cn1cnnc1CCNc1nc(N)nc(Cl)n1. The number of nitrogens with two attached hydrogens (primary N) is 1. The second-order valence-electron chi connectivity index (χ2n) is 3.32. The summed E-state index contributed by atoms with van der Waals surface area (Å²) < 4.78 is 1.84. The number of hydrogen-bond acceptors (Lipinski definition) is 7. The molecule has 0 aromatic carbocycles. The van der Waals surface area contributed by atoms with Crippen LogP contribution in [0.3, 0.4) is 0 Å². The molecular formula is C8H11ClN8. The van der Waals surface area contributed by atoms with E-state index in [0.717, 1.165) is 5.82 Å². The zero-order valence-electron chi connectivity index (χ0n) is 9.13. The largest absolute Gasteiger partial charge is 0.368 e. The Morgan fingerprint density at radius 3 is 2.88 bits per heavy atom. The Kier molecular flexibility index (Phi) is 3.33. The van der Waals surface area contributed by atoms with Crippen LogP contribution >= 0.6 is 11.6 Å². The van der Waals surface area contributed by atoms with Gasteiger partial charge in [-0.2, -0.15) is 15.0 Å². The molecule has 2 heterocycles. The summed E-state index contributed by atoms with van der Waals surface area (Å²) in [6, 6.07) is 0. The Hall–Kier alpha value is -1.96. The van der Waals surface area contributed by atoms with Gasteiger partial charge >= 0.3 is 0 Å². The number of rotatable bonds is 4. The molecule has 0 radical (unpaired) electrons. The molecule has 2 aromatic heterocycles. The second-order valence-corrected chi connectivity index (χ2v) is 3.66. The first kappa shape index (κ1) is 11.5. The molecule has 0 aliphatic heterocycles. The van der Waals surface area contributed by atoms with Crippen LogP contribution in [-0.4, -0.2) is 36.3 Å². The number of hydrogen-bond donors (Lipinski definition) is 2. The molecule has 0 aliphatic rings. The highest BCUT2D eigenvalue weighted by Gasteiger charge is 2.03. The highest BCUT2D eigenvalue weighted by molar-refractivity contribution is 6.28. The van der Waals surface area contributed by atoms with E-state index in [1.807, 2.05) is 11.6 Å². The van der Waals surface area contributed by atoms with Crippen LogP contribution in [-0.2, 0) is 13.5 Å². The lowest BCUT2D eigenvalue weighted by Crippen LogP contribution is -2.12. The molecule has 2 rings (SSSR count). The Bertz CT molecular complexity index is 490. The standard InChI is InChI=1S/C8H11ClN8/c1-17-4-12-16-5(17)2-3-11-8-14-6(9)13-7(10)15-8/h4H,2-3H2,1H3,(H3,10,11,13,14,15). The molecule has 3 N–H and O–H groups in total. The van der Waals surface area contributed by atoms with Gasteiger partial charge in [0.15, 0.2) is 0 Å². The third kappa shape index (κ3) is 3.00. The zero-order chi connectivity index (χ0) is 12.3. The van der Waals surface area contributed by atoms with Crippen LogP contribution in [0.4, 0.5) is 11.9 Å². The maximum absolute atomic E-state index is 5.65. The van der Waals surface area contributed by atoms with E-state index in [1.54, 1.807) is 6.33 Å². The molecule has 0 saturated heterocycles. The Labute approximate surface area is 102 Å². The van der Waals surface area contributed by atoms with Crippen molar-refractivity contribution in [3.05, 3.63) is 17.4 Å². The van der Waals surface area contributed by atoms with Crippen molar-refractivity contribution in [2.45, 2.75) is 6.42 Å². The number of halogens is 1. The minimum Gasteiger partial charge on any atom is -0.368 e. The Morgan fingerprint density at radius 1 is 1.41 bits per heavy atom. The molecule has 8 nitrogen and oxygen atoms in total. The van der Waals surface area contributed by atoms with Gasteiger partial charge in [0.05, 0.1) is 0 Å². The number of anilines is 2. The summed E-state index contributed by atoms with van der Waals surface area (Å²) >= 11 is 5.65. The predicted octanol–water partition coefficient (Wildman–Crippen LogP) is -0.110. The quantitative estimate of drug-likeness (QED) is 0.784. The van der Waals surface area contributed by atoms with E-state index in [0.29, 0.717) is 18.9 Å². The van der Waals surface area contributed by atoms with Gasteiger partial charge in [-0.15, -0.1) is 10.2 Å². The number of nitrogens with one attached hydrogen (secondary N) is 1. The first-order valence-corrected chi connectivity index (χ1v) is 5.27. The van der Waals surface area contributed by atoms with E-state index in [2.05, 4.69) is 30.5 Å². The van der Waals surface area contributed by atoms with Gasteiger partial charge in [-0.1, -0.05) is 0 Å². The highest BCUT2D eigenvalue weighted by Crippen LogP contribution is 2.06. The molecule has 0 amide bonds. The summed E-state index contributed by atoms with van der Waals surface area (Å²) in [5.41, 5.74) is 5.44. The smallest absolute Gasteiger partial charge is 0.228 e. The van der Waals surface area contributed by atoms with Crippen molar-refractivity contribution >= 4 is 23.5 Å². The van der Waals surface area contributed by atoms with Crippen LogP contribution in [0.2, 0.25) is 5.28 Å². The van der Waals surface area contributed by atoms with Crippen LogP contribution < -0.4 is 11.1 Å². The third-order valence-corrected chi connectivity index (χ3v) is 2.23. The predicted molar refractivity (Wildman–Crippen MR) is 62.4 cm³/mol. The molecule has 0 unspecified atom stereocenters. The molecule has 0 bridgehead atoms. The summed E-state index contributed by atoms with van der Waals surface area (Å²) in [5.74, 6) is 1.31. The molecule has 9 heteroatoms. The van der Waals surface area contributed by atoms with Gasteiger partial charge in [0.2, 0.25) is 17.2 Å². The maximum atomic E-state index is 5.65. The topological polar surface area (TPSA) is 107 Å². The van der Waals surface area contributed by atoms with Gasteiger partial charge in [0.1, 0.15) is 12.2 Å². The minimum absolute atomic E-state index is 0.0682. The molecular weight excluding hydrogens is 244 g/mol. The van der Waals surface area contributed by atoms with Gasteiger partial charge in [-0.05, 0) is 11.6 Å². The van der Waals surface area contributed by atoms with Crippen LogP contribution in [0.5, 0.6) is 0 Å². The number of nitrogens with zero attached hydrogens (tertiary/aromatic N) is 6.